The molecule has 0 saturated heterocycles. The summed E-state index contributed by atoms with van der Waals surface area (Å²) < 4.78 is 1.58. The molecule has 0 unspecified atom stereocenters. The molecule has 2 aromatic rings. The number of aryl methyl sites for hydroxylation is 2. The molecule has 0 amide bonds. The van der Waals surface area contributed by atoms with Gasteiger partial charge in [-0.3, -0.25) is 0 Å². The molecule has 2 nitrogen and oxygen atoms in total. The molecule has 80 heavy (non-hydrogen) atoms. The number of unbranched alkanes of at least 4 members (excludes halogenated alkanes) is 42. The second-order valence-electron chi connectivity index (χ2n) is 24.2. The molecule has 0 N–H and O–H groups in total. The maximum atomic E-state index is 12.3. The van der Waals surface area contributed by atoms with E-state index in [4.69, 9.17) is 0 Å². The van der Waals surface area contributed by atoms with Crippen molar-refractivity contribution >= 4 is 11.4 Å². The molecule has 3 rings (SSSR count). The first-order valence-electron chi connectivity index (χ1n) is 35.4. The normalized spacial score (nSPS) is 12.3. The minimum Gasteiger partial charge on any atom is -0.493 e. The van der Waals surface area contributed by atoms with Crippen LogP contribution in [0.5, 0.6) is 0 Å². The third-order valence-electron chi connectivity index (χ3n) is 16.6. The van der Waals surface area contributed by atoms with Crippen molar-refractivity contribution in [2.75, 3.05) is 0 Å². The van der Waals surface area contributed by atoms with Crippen LogP contribution in [0.15, 0.2) is 71.8 Å². The molecule has 0 aliphatic carbocycles. The van der Waals surface area contributed by atoms with Crippen molar-refractivity contribution in [2.24, 2.45) is 0 Å². The molecule has 0 aromatic heterocycles. The van der Waals surface area contributed by atoms with Gasteiger partial charge in [-0.1, -0.05) is 341 Å². The van der Waals surface area contributed by atoms with Gasteiger partial charge in [0.05, 0.1) is 5.57 Å². The molecule has 1 aliphatic heterocycles. The van der Waals surface area contributed by atoms with Crippen molar-refractivity contribution in [1.29, 1.82) is 0 Å². The van der Waals surface area contributed by atoms with Gasteiger partial charge in [-0.05, 0) is 86.8 Å². The number of nitrogens with zero attached hydrogens (tertiary/aromatic N) is 2. The Hall–Kier alpha value is -2.25. The fourth-order valence-electron chi connectivity index (χ4n) is 11.4. The number of hydrogen-bond acceptors (Lipinski definition) is 0. The Morgan fingerprint density at radius 1 is 0.350 bits per heavy atom. The van der Waals surface area contributed by atoms with Crippen LogP contribution in [0.1, 0.15) is 378 Å². The summed E-state index contributed by atoms with van der Waals surface area (Å²) in [6, 6.07) is 18.1. The summed E-state index contributed by atoms with van der Waals surface area (Å²) in [5, 5.41) is 0. The van der Waals surface area contributed by atoms with E-state index in [0.29, 0.717) is 0 Å². The second-order valence-corrected chi connectivity index (χ2v) is 24.2. The SMILES string of the molecule is CCCCCCCCCCCC=CC1=C(c2cccc(CCCCCC)c2)[N+](=[N-])C(c2cccc(CCCCCC)c2)=C1CCCCCCCC.[CH2-]CCCCCCCCCCCCC.[CH2-]CCCCCCCCCCCCC.[Ni+2]. The zero-order chi connectivity index (χ0) is 57.3. The minimum atomic E-state index is 0. The number of benzene rings is 2. The molecule has 3 heteroatoms. The first-order chi connectivity index (χ1) is 39.0. The van der Waals surface area contributed by atoms with Gasteiger partial charge in [0.15, 0.2) is 0 Å². The molecule has 1 aliphatic rings. The number of hydrogen-bond donors (Lipinski definition) is 0. The van der Waals surface area contributed by atoms with Gasteiger partial charge in [0.25, 0.3) is 0 Å². The van der Waals surface area contributed by atoms with Crippen molar-refractivity contribution in [1.82, 2.24) is 0 Å². The second kappa shape index (κ2) is 59.9. The van der Waals surface area contributed by atoms with Crippen molar-refractivity contribution in [3.8, 4) is 0 Å². The van der Waals surface area contributed by atoms with Crippen LogP contribution in [0.4, 0.5) is 0 Å². The van der Waals surface area contributed by atoms with E-state index < -0.39 is 0 Å². The van der Waals surface area contributed by atoms with Crippen molar-refractivity contribution in [3.63, 3.8) is 0 Å². The van der Waals surface area contributed by atoms with Gasteiger partial charge in [-0.15, -0.1) is 0 Å². The topological polar surface area (TPSA) is 25.3 Å². The van der Waals surface area contributed by atoms with Crippen LogP contribution in [0.2, 0.25) is 0 Å². The summed E-state index contributed by atoms with van der Waals surface area (Å²) in [6.07, 6.45) is 72.8. The van der Waals surface area contributed by atoms with Crippen LogP contribution in [-0.2, 0) is 29.3 Å². The third-order valence-corrected chi connectivity index (χ3v) is 16.6. The number of rotatable bonds is 52. The molecular formula is C77H134N2Ni. The number of allylic oxidation sites excluding steroid dienone is 4. The molecule has 0 fully saturated rings. The Labute approximate surface area is 512 Å². The maximum absolute atomic E-state index is 12.3. The Morgan fingerprint density at radius 3 is 0.988 bits per heavy atom. The van der Waals surface area contributed by atoms with Gasteiger partial charge in [0, 0.05) is 16.7 Å². The minimum absolute atomic E-state index is 0. The van der Waals surface area contributed by atoms with Crippen molar-refractivity contribution < 1.29 is 21.2 Å². The standard InChI is InChI=1S/C49H76N2.2C14H29.Ni/c1-5-9-13-17-19-20-21-22-23-25-29-39-47-46(38-28-24-18-14-10-6-2)48(44-36-30-34-42(40-44)32-26-15-11-7-3)51(50)49(47)45-37-31-35-43(41-45)33-27-16-12-8-4;2*1-3-5-7-9-11-13-14-12-10-8-6-4-2;/h29-31,34-37,39-41H,5-28,32-33,38H2,1-4H3;2*1,3-14H2,2H3;/q;2*-1;+2. The molecule has 0 saturated carbocycles. The first kappa shape index (κ1) is 77.8. The van der Waals surface area contributed by atoms with Crippen LogP contribution in [0.3, 0.4) is 0 Å². The van der Waals surface area contributed by atoms with E-state index in [1.54, 1.807) is 4.70 Å². The Morgan fingerprint density at radius 2 is 0.637 bits per heavy atom. The molecule has 462 valence electrons. The predicted octanol–water partition coefficient (Wildman–Crippen LogP) is 27.4. The Balaban J connectivity index is 0.00000176. The summed E-state index contributed by atoms with van der Waals surface area (Å²) in [6.45, 7) is 21.4. The Kier molecular flexibility index (Phi) is 58.2. The zero-order valence-corrected chi connectivity index (χ0v) is 55.4. The van der Waals surface area contributed by atoms with Gasteiger partial charge in [-0.25, -0.2) is 4.70 Å². The predicted molar refractivity (Wildman–Crippen MR) is 358 cm³/mol. The van der Waals surface area contributed by atoms with E-state index in [0.717, 1.165) is 67.5 Å². The summed E-state index contributed by atoms with van der Waals surface area (Å²) in [5.41, 5.74) is 21.9. The summed E-state index contributed by atoms with van der Waals surface area (Å²) >= 11 is 0. The zero-order valence-electron chi connectivity index (χ0n) is 54.5. The average Bonchev–Trinajstić information content (AvgIpc) is 3.74. The monoisotopic (exact) mass is 1140 g/mol. The molecular weight excluding hydrogens is 1010 g/mol. The molecule has 0 spiro atoms. The average molecular weight is 1150 g/mol. The molecule has 1 heterocycles. The van der Waals surface area contributed by atoms with Crippen molar-refractivity contribution in [2.45, 2.75) is 369 Å². The fourth-order valence-corrected chi connectivity index (χ4v) is 11.4. The third kappa shape index (κ3) is 41.7. The first-order valence-corrected chi connectivity index (χ1v) is 35.4. The van der Waals surface area contributed by atoms with Crippen LogP contribution in [-0.4, -0.2) is 4.70 Å². The smallest absolute Gasteiger partial charge is 0.493 e. The van der Waals surface area contributed by atoms with Crippen LogP contribution < -0.4 is 0 Å². The van der Waals surface area contributed by atoms with E-state index in [1.807, 2.05) is 0 Å². The van der Waals surface area contributed by atoms with E-state index in [9.17, 15) is 5.53 Å². The quantitative estimate of drug-likeness (QED) is 0.0273. The molecule has 0 atom stereocenters. The van der Waals surface area contributed by atoms with E-state index in [2.05, 4.69) is 116 Å². The molecule has 2 aromatic carbocycles. The molecule has 0 radical (unpaired) electrons. The van der Waals surface area contributed by atoms with E-state index in [1.165, 1.54) is 305 Å². The van der Waals surface area contributed by atoms with Gasteiger partial charge >= 0.3 is 16.5 Å². The van der Waals surface area contributed by atoms with Gasteiger partial charge in [-0.2, -0.15) is 12.8 Å². The van der Waals surface area contributed by atoms with Gasteiger partial charge in [0.2, 0.25) is 11.4 Å². The fraction of sp³-hybridized carbons (Fsp3) is 0.740. The van der Waals surface area contributed by atoms with Gasteiger partial charge in [0.1, 0.15) is 0 Å². The van der Waals surface area contributed by atoms with Gasteiger partial charge < -0.3 is 19.4 Å². The van der Waals surface area contributed by atoms with Crippen LogP contribution in [0, 0.1) is 13.8 Å². The van der Waals surface area contributed by atoms with Crippen LogP contribution in [0.25, 0.3) is 16.9 Å². The van der Waals surface area contributed by atoms with Crippen LogP contribution >= 0.6 is 0 Å². The Bertz CT molecular complexity index is 1700. The summed E-state index contributed by atoms with van der Waals surface area (Å²) in [7, 11) is 0. The summed E-state index contributed by atoms with van der Waals surface area (Å²) in [4.78, 5) is 0. The largest absolute Gasteiger partial charge is 2.00 e. The van der Waals surface area contributed by atoms with E-state index in [-0.39, 0.29) is 16.5 Å². The van der Waals surface area contributed by atoms with E-state index >= 15 is 0 Å². The van der Waals surface area contributed by atoms with Crippen molar-refractivity contribution in [3.05, 3.63) is 113 Å². The molecule has 0 bridgehead atoms. The summed E-state index contributed by atoms with van der Waals surface area (Å²) in [5.74, 6) is 0. The maximum Gasteiger partial charge on any atom is 2.00 e.